The number of hydrogen-bond donors (Lipinski definition) is 2. The van der Waals surface area contributed by atoms with Crippen LogP contribution < -0.4 is 5.32 Å². The molecule has 3 heterocycles. The molecular formula is C20H23N5O4. The predicted octanol–water partition coefficient (Wildman–Crippen LogP) is 2.33. The van der Waals surface area contributed by atoms with E-state index in [-0.39, 0.29) is 12.5 Å². The van der Waals surface area contributed by atoms with Gasteiger partial charge in [0.25, 0.3) is 5.91 Å². The largest absolute Gasteiger partial charge is 0.460 e. The van der Waals surface area contributed by atoms with E-state index >= 15 is 0 Å². The molecule has 9 heteroatoms. The molecule has 0 atom stereocenters. The Morgan fingerprint density at radius 3 is 2.66 bits per heavy atom. The zero-order valence-electron chi connectivity index (χ0n) is 16.6. The molecule has 0 bridgehead atoms. The van der Waals surface area contributed by atoms with Crippen molar-refractivity contribution in [3.8, 4) is 0 Å². The lowest BCUT2D eigenvalue weighted by atomic mass is 10.1. The van der Waals surface area contributed by atoms with E-state index in [4.69, 9.17) is 9.47 Å². The summed E-state index contributed by atoms with van der Waals surface area (Å²) in [4.78, 5) is 31.9. The number of aromatic amines is 1. The van der Waals surface area contributed by atoms with Gasteiger partial charge >= 0.3 is 5.97 Å². The second-order valence-electron chi connectivity index (χ2n) is 6.46. The van der Waals surface area contributed by atoms with Gasteiger partial charge in [-0.2, -0.15) is 5.10 Å². The van der Waals surface area contributed by atoms with Crippen molar-refractivity contribution in [3.05, 3.63) is 64.9 Å². The Labute approximate surface area is 168 Å². The summed E-state index contributed by atoms with van der Waals surface area (Å²) in [7, 11) is 1.53. The fraction of sp³-hybridized carbons (Fsp3) is 0.300. The van der Waals surface area contributed by atoms with Crippen LogP contribution in [0.2, 0.25) is 0 Å². The standard InChI is InChI=1S/C20H23N5O4/c1-13-17(20(27)29-11-10-28-3)14(2)22-18(13)19(26)23-16-6-9-25(24-16)12-15-4-7-21-8-5-15/h4-9,22H,10-12H2,1-3H3,(H,23,24,26). The van der Waals surface area contributed by atoms with Gasteiger partial charge in [-0.25, -0.2) is 4.79 Å². The number of esters is 1. The highest BCUT2D eigenvalue weighted by Crippen LogP contribution is 2.20. The summed E-state index contributed by atoms with van der Waals surface area (Å²) in [5, 5.41) is 7.11. The van der Waals surface area contributed by atoms with Crippen molar-refractivity contribution < 1.29 is 19.1 Å². The van der Waals surface area contributed by atoms with Gasteiger partial charge in [0.2, 0.25) is 0 Å². The SMILES string of the molecule is COCCOC(=O)c1c(C)[nH]c(C(=O)Nc2ccn(Cc3ccncc3)n2)c1C. The number of amides is 1. The molecule has 0 aliphatic heterocycles. The third-order valence-corrected chi connectivity index (χ3v) is 4.37. The second kappa shape index (κ2) is 9.16. The number of carbonyl (C=O) groups is 2. The number of ether oxygens (including phenoxy) is 2. The van der Waals surface area contributed by atoms with Gasteiger partial charge < -0.3 is 19.8 Å². The van der Waals surface area contributed by atoms with E-state index in [2.05, 4.69) is 20.4 Å². The van der Waals surface area contributed by atoms with Crippen LogP contribution in [-0.2, 0) is 16.0 Å². The third kappa shape index (κ3) is 4.88. The molecule has 0 aliphatic carbocycles. The molecule has 152 valence electrons. The van der Waals surface area contributed by atoms with Crippen molar-refractivity contribution in [2.24, 2.45) is 0 Å². The molecule has 2 N–H and O–H groups in total. The van der Waals surface area contributed by atoms with Crippen LogP contribution in [0.3, 0.4) is 0 Å². The molecule has 29 heavy (non-hydrogen) atoms. The van der Waals surface area contributed by atoms with Gasteiger partial charge in [-0.05, 0) is 37.1 Å². The number of nitrogens with one attached hydrogen (secondary N) is 2. The first-order valence-corrected chi connectivity index (χ1v) is 9.08. The van der Waals surface area contributed by atoms with E-state index in [9.17, 15) is 9.59 Å². The number of hydrogen-bond acceptors (Lipinski definition) is 6. The molecule has 9 nitrogen and oxygen atoms in total. The van der Waals surface area contributed by atoms with Gasteiger partial charge in [0, 0.05) is 37.5 Å². The van der Waals surface area contributed by atoms with Crippen LogP contribution in [0.1, 0.15) is 37.7 Å². The first-order valence-electron chi connectivity index (χ1n) is 9.08. The monoisotopic (exact) mass is 397 g/mol. The molecule has 0 radical (unpaired) electrons. The smallest absolute Gasteiger partial charge is 0.340 e. The molecular weight excluding hydrogens is 374 g/mol. The summed E-state index contributed by atoms with van der Waals surface area (Å²) in [6.45, 7) is 4.45. The minimum atomic E-state index is -0.492. The maximum absolute atomic E-state index is 12.7. The van der Waals surface area contributed by atoms with Gasteiger partial charge in [0.1, 0.15) is 12.3 Å². The summed E-state index contributed by atoms with van der Waals surface area (Å²) in [6.07, 6.45) is 5.22. The van der Waals surface area contributed by atoms with Gasteiger partial charge in [0.15, 0.2) is 5.82 Å². The van der Waals surface area contributed by atoms with Crippen LogP contribution in [0.15, 0.2) is 36.8 Å². The van der Waals surface area contributed by atoms with E-state index in [0.717, 1.165) is 5.56 Å². The quantitative estimate of drug-likeness (QED) is 0.446. The summed E-state index contributed by atoms with van der Waals surface area (Å²) in [5.74, 6) is -0.454. The Hall–Kier alpha value is -3.46. The Bertz CT molecular complexity index is 994. The van der Waals surface area contributed by atoms with E-state index in [1.165, 1.54) is 7.11 Å². The number of nitrogens with zero attached hydrogens (tertiary/aromatic N) is 3. The van der Waals surface area contributed by atoms with Crippen LogP contribution in [0.4, 0.5) is 5.82 Å². The topological polar surface area (TPSA) is 111 Å². The molecule has 3 rings (SSSR count). The summed E-state index contributed by atoms with van der Waals surface area (Å²) >= 11 is 0. The highest BCUT2D eigenvalue weighted by molar-refractivity contribution is 6.06. The lowest BCUT2D eigenvalue weighted by molar-refractivity contribution is 0.0387. The predicted molar refractivity (Wildman–Crippen MR) is 106 cm³/mol. The van der Waals surface area contributed by atoms with E-state index in [0.29, 0.717) is 41.5 Å². The Kier molecular flexibility index (Phi) is 6.40. The highest BCUT2D eigenvalue weighted by Gasteiger charge is 2.23. The average molecular weight is 397 g/mol. The molecule has 1 amide bonds. The first kappa shape index (κ1) is 20.3. The summed E-state index contributed by atoms with van der Waals surface area (Å²) in [5.41, 5.74) is 2.80. The fourth-order valence-corrected chi connectivity index (χ4v) is 2.94. The van der Waals surface area contributed by atoms with Gasteiger partial charge in [-0.15, -0.1) is 0 Å². The Morgan fingerprint density at radius 1 is 1.17 bits per heavy atom. The number of methoxy groups -OCH3 is 1. The van der Waals surface area contributed by atoms with Crippen molar-refractivity contribution in [1.29, 1.82) is 0 Å². The van der Waals surface area contributed by atoms with Crippen LogP contribution in [0, 0.1) is 13.8 Å². The number of rotatable bonds is 8. The molecule has 0 spiro atoms. The Morgan fingerprint density at radius 2 is 1.93 bits per heavy atom. The van der Waals surface area contributed by atoms with E-state index in [1.54, 1.807) is 43.2 Å². The molecule has 0 saturated carbocycles. The zero-order chi connectivity index (χ0) is 20.8. The zero-order valence-corrected chi connectivity index (χ0v) is 16.6. The maximum atomic E-state index is 12.7. The highest BCUT2D eigenvalue weighted by atomic mass is 16.6. The number of aryl methyl sites for hydroxylation is 1. The number of carbonyl (C=O) groups excluding carboxylic acids is 2. The lowest BCUT2D eigenvalue weighted by Crippen LogP contribution is -2.15. The molecule has 0 saturated heterocycles. The maximum Gasteiger partial charge on any atom is 0.340 e. The van der Waals surface area contributed by atoms with Crippen molar-refractivity contribution in [2.45, 2.75) is 20.4 Å². The Balaban J connectivity index is 1.68. The molecule has 0 aliphatic rings. The van der Waals surface area contributed by atoms with E-state index < -0.39 is 5.97 Å². The van der Waals surface area contributed by atoms with Gasteiger partial charge in [0.05, 0.1) is 18.7 Å². The molecule has 0 fully saturated rings. The van der Waals surface area contributed by atoms with Crippen LogP contribution in [-0.4, -0.2) is 51.9 Å². The van der Waals surface area contributed by atoms with Crippen LogP contribution >= 0.6 is 0 Å². The third-order valence-electron chi connectivity index (χ3n) is 4.37. The van der Waals surface area contributed by atoms with Crippen molar-refractivity contribution in [3.63, 3.8) is 0 Å². The fourth-order valence-electron chi connectivity index (χ4n) is 2.94. The van der Waals surface area contributed by atoms with Crippen LogP contribution in [0.5, 0.6) is 0 Å². The van der Waals surface area contributed by atoms with E-state index in [1.807, 2.05) is 12.1 Å². The molecule has 0 aromatic carbocycles. The number of anilines is 1. The molecule has 3 aromatic rings. The minimum Gasteiger partial charge on any atom is -0.460 e. The normalized spacial score (nSPS) is 10.7. The number of pyridine rings is 1. The second-order valence-corrected chi connectivity index (χ2v) is 6.46. The van der Waals surface area contributed by atoms with Crippen LogP contribution in [0.25, 0.3) is 0 Å². The van der Waals surface area contributed by atoms with Crippen molar-refractivity contribution in [1.82, 2.24) is 19.7 Å². The molecule has 0 unspecified atom stereocenters. The first-order chi connectivity index (χ1) is 14.0. The summed E-state index contributed by atoms with van der Waals surface area (Å²) in [6, 6.07) is 5.51. The van der Waals surface area contributed by atoms with Crippen molar-refractivity contribution >= 4 is 17.7 Å². The number of aromatic nitrogens is 4. The summed E-state index contributed by atoms with van der Waals surface area (Å²) < 4.78 is 11.8. The van der Waals surface area contributed by atoms with Gasteiger partial charge in [-0.1, -0.05) is 0 Å². The average Bonchev–Trinajstić information content (AvgIpc) is 3.26. The number of H-pyrrole nitrogens is 1. The minimum absolute atomic E-state index is 0.149. The lowest BCUT2D eigenvalue weighted by Gasteiger charge is -2.05. The molecule has 3 aromatic heterocycles. The van der Waals surface area contributed by atoms with Gasteiger partial charge in [-0.3, -0.25) is 14.5 Å². The van der Waals surface area contributed by atoms with Crippen molar-refractivity contribution in [2.75, 3.05) is 25.6 Å².